The molecule has 0 bridgehead atoms. The second kappa shape index (κ2) is 4.79. The van der Waals surface area contributed by atoms with Crippen LogP contribution in [-0.2, 0) is 9.47 Å². The van der Waals surface area contributed by atoms with E-state index in [-0.39, 0.29) is 12.4 Å². The molecule has 1 aromatic carbocycles. The summed E-state index contributed by atoms with van der Waals surface area (Å²) in [5, 5.41) is 0.341. The average molecular weight is 233 g/mol. The normalized spacial score (nSPS) is 16.9. The highest BCUT2D eigenvalue weighted by molar-refractivity contribution is 6.30. The molecule has 1 saturated heterocycles. The zero-order chi connectivity index (χ0) is 10.7. The molecule has 0 aromatic heterocycles. The van der Waals surface area contributed by atoms with Crippen LogP contribution in [0.3, 0.4) is 0 Å². The summed E-state index contributed by atoms with van der Waals surface area (Å²) in [5.41, 5.74) is 0. The molecule has 2 rings (SSSR count). The van der Waals surface area contributed by atoms with Crippen LogP contribution in [0.15, 0.2) is 18.2 Å². The first-order valence-corrected chi connectivity index (χ1v) is 4.94. The highest BCUT2D eigenvalue weighted by atomic mass is 35.5. The van der Waals surface area contributed by atoms with Crippen molar-refractivity contribution in [2.45, 2.75) is 6.29 Å². The molecule has 0 amide bonds. The first-order valence-electron chi connectivity index (χ1n) is 4.57. The molecule has 3 nitrogen and oxygen atoms in total. The summed E-state index contributed by atoms with van der Waals surface area (Å²) >= 11 is 5.60. The first-order chi connectivity index (χ1) is 7.25. The van der Waals surface area contributed by atoms with Gasteiger partial charge in [0, 0.05) is 5.02 Å². The molecule has 15 heavy (non-hydrogen) atoms. The van der Waals surface area contributed by atoms with E-state index in [1.165, 1.54) is 12.1 Å². The van der Waals surface area contributed by atoms with E-state index in [9.17, 15) is 4.39 Å². The predicted octanol–water partition coefficient (Wildman–Crippen LogP) is 2.23. The van der Waals surface area contributed by atoms with Gasteiger partial charge in [0.15, 0.2) is 17.9 Å². The summed E-state index contributed by atoms with van der Waals surface area (Å²) in [4.78, 5) is 0. The standard InChI is InChI=1S/C10H10ClFO3/c11-7-1-2-9(8(12)5-7)15-6-10-13-3-4-14-10/h1-2,5,10H,3-4,6H2. The van der Waals surface area contributed by atoms with Gasteiger partial charge in [-0.1, -0.05) is 11.6 Å². The Balaban J connectivity index is 1.92. The summed E-state index contributed by atoms with van der Waals surface area (Å²) in [7, 11) is 0. The molecular weight excluding hydrogens is 223 g/mol. The molecular formula is C10H10ClFO3. The van der Waals surface area contributed by atoms with Gasteiger partial charge >= 0.3 is 0 Å². The van der Waals surface area contributed by atoms with E-state index in [0.29, 0.717) is 18.2 Å². The van der Waals surface area contributed by atoms with Gasteiger partial charge in [-0.2, -0.15) is 0 Å². The summed E-state index contributed by atoms with van der Waals surface area (Å²) in [5.74, 6) is -0.334. The fraction of sp³-hybridized carbons (Fsp3) is 0.400. The molecule has 1 aliphatic heterocycles. The third-order valence-corrected chi connectivity index (χ3v) is 2.19. The fourth-order valence-corrected chi connectivity index (χ4v) is 1.41. The number of benzene rings is 1. The van der Waals surface area contributed by atoms with Crippen molar-refractivity contribution in [3.05, 3.63) is 29.0 Å². The molecule has 82 valence electrons. The van der Waals surface area contributed by atoms with Gasteiger partial charge < -0.3 is 14.2 Å². The quantitative estimate of drug-likeness (QED) is 0.800. The largest absolute Gasteiger partial charge is 0.485 e. The second-order valence-electron chi connectivity index (χ2n) is 3.06. The molecule has 1 fully saturated rings. The van der Waals surface area contributed by atoms with Crippen LogP contribution in [0.5, 0.6) is 5.75 Å². The summed E-state index contributed by atoms with van der Waals surface area (Å²) < 4.78 is 28.7. The molecule has 0 N–H and O–H groups in total. The zero-order valence-electron chi connectivity index (χ0n) is 7.91. The van der Waals surface area contributed by atoms with Crippen molar-refractivity contribution >= 4 is 11.6 Å². The molecule has 0 saturated carbocycles. The molecule has 0 unspecified atom stereocenters. The van der Waals surface area contributed by atoms with Crippen LogP contribution in [0.25, 0.3) is 0 Å². The van der Waals surface area contributed by atoms with Gasteiger partial charge in [0.2, 0.25) is 0 Å². The monoisotopic (exact) mass is 232 g/mol. The smallest absolute Gasteiger partial charge is 0.191 e. The Morgan fingerprint density at radius 3 is 2.80 bits per heavy atom. The van der Waals surface area contributed by atoms with Crippen LogP contribution in [-0.4, -0.2) is 26.1 Å². The van der Waals surface area contributed by atoms with Crippen molar-refractivity contribution in [3.63, 3.8) is 0 Å². The topological polar surface area (TPSA) is 27.7 Å². The second-order valence-corrected chi connectivity index (χ2v) is 3.49. The Kier molecular flexibility index (Phi) is 3.41. The molecule has 0 atom stereocenters. The van der Waals surface area contributed by atoms with Crippen molar-refractivity contribution in [3.8, 4) is 5.75 Å². The number of hydrogen-bond acceptors (Lipinski definition) is 3. The van der Waals surface area contributed by atoms with Crippen molar-refractivity contribution < 1.29 is 18.6 Å². The van der Waals surface area contributed by atoms with Gasteiger partial charge in [-0.15, -0.1) is 0 Å². The summed E-state index contributed by atoms with van der Waals surface area (Å²) in [6.45, 7) is 1.28. The minimum Gasteiger partial charge on any atom is -0.485 e. The number of hydrogen-bond donors (Lipinski definition) is 0. The van der Waals surface area contributed by atoms with Crippen molar-refractivity contribution in [2.75, 3.05) is 19.8 Å². The van der Waals surface area contributed by atoms with Gasteiger partial charge in [0.25, 0.3) is 0 Å². The highest BCUT2D eigenvalue weighted by Crippen LogP contribution is 2.21. The lowest BCUT2D eigenvalue weighted by atomic mass is 10.3. The Bertz CT molecular complexity index is 339. The van der Waals surface area contributed by atoms with E-state index in [4.69, 9.17) is 25.8 Å². The maximum absolute atomic E-state index is 13.2. The highest BCUT2D eigenvalue weighted by Gasteiger charge is 2.17. The number of ether oxygens (including phenoxy) is 3. The Morgan fingerprint density at radius 1 is 1.40 bits per heavy atom. The van der Waals surface area contributed by atoms with Crippen LogP contribution in [0, 0.1) is 5.82 Å². The molecule has 0 radical (unpaired) electrons. The van der Waals surface area contributed by atoms with Gasteiger partial charge in [-0.25, -0.2) is 4.39 Å². The van der Waals surface area contributed by atoms with Crippen LogP contribution in [0.1, 0.15) is 0 Å². The van der Waals surface area contributed by atoms with Gasteiger partial charge in [-0.05, 0) is 18.2 Å². The lowest BCUT2D eigenvalue weighted by Gasteiger charge is -2.11. The Hall–Kier alpha value is -0.840. The minimum atomic E-state index is -0.486. The van der Waals surface area contributed by atoms with E-state index in [2.05, 4.69) is 0 Å². The molecule has 0 spiro atoms. The summed E-state index contributed by atoms with van der Waals surface area (Å²) in [6.07, 6.45) is -0.403. The Labute approximate surface area is 91.7 Å². The van der Waals surface area contributed by atoms with Crippen LogP contribution < -0.4 is 4.74 Å². The van der Waals surface area contributed by atoms with Crippen molar-refractivity contribution in [2.24, 2.45) is 0 Å². The van der Waals surface area contributed by atoms with Crippen LogP contribution in [0.2, 0.25) is 5.02 Å². The van der Waals surface area contributed by atoms with Crippen molar-refractivity contribution in [1.29, 1.82) is 0 Å². The van der Waals surface area contributed by atoms with E-state index in [1.54, 1.807) is 6.07 Å². The SMILES string of the molecule is Fc1cc(Cl)ccc1OCC1OCCO1. The number of halogens is 2. The van der Waals surface area contributed by atoms with Gasteiger partial charge in [0.1, 0.15) is 6.61 Å². The van der Waals surface area contributed by atoms with Crippen LogP contribution >= 0.6 is 11.6 Å². The molecule has 1 heterocycles. The predicted molar refractivity (Wildman–Crippen MR) is 52.6 cm³/mol. The van der Waals surface area contributed by atoms with Gasteiger partial charge in [0.05, 0.1) is 13.2 Å². The molecule has 1 aromatic rings. The lowest BCUT2D eigenvalue weighted by Crippen LogP contribution is -2.18. The van der Waals surface area contributed by atoms with E-state index in [0.717, 1.165) is 0 Å². The van der Waals surface area contributed by atoms with E-state index in [1.807, 2.05) is 0 Å². The number of rotatable bonds is 3. The third-order valence-electron chi connectivity index (χ3n) is 1.96. The maximum Gasteiger partial charge on any atom is 0.191 e. The van der Waals surface area contributed by atoms with E-state index >= 15 is 0 Å². The molecule has 5 heteroatoms. The van der Waals surface area contributed by atoms with Crippen molar-refractivity contribution in [1.82, 2.24) is 0 Å². The van der Waals surface area contributed by atoms with Crippen LogP contribution in [0.4, 0.5) is 4.39 Å². The summed E-state index contributed by atoms with van der Waals surface area (Å²) in [6, 6.07) is 4.25. The average Bonchev–Trinajstić information content (AvgIpc) is 2.69. The first kappa shape index (κ1) is 10.7. The Morgan fingerprint density at radius 2 is 2.13 bits per heavy atom. The third kappa shape index (κ3) is 2.81. The maximum atomic E-state index is 13.2. The fourth-order valence-electron chi connectivity index (χ4n) is 1.25. The zero-order valence-corrected chi connectivity index (χ0v) is 8.67. The minimum absolute atomic E-state index is 0.151. The molecule has 0 aliphatic carbocycles. The molecule has 1 aliphatic rings. The lowest BCUT2D eigenvalue weighted by molar-refractivity contribution is -0.0689. The van der Waals surface area contributed by atoms with Gasteiger partial charge in [-0.3, -0.25) is 0 Å². The van der Waals surface area contributed by atoms with E-state index < -0.39 is 12.1 Å².